The molecule has 23 heavy (non-hydrogen) atoms. The average molecular weight is 331 g/mol. The van der Waals surface area contributed by atoms with Gasteiger partial charge in [-0.3, -0.25) is 4.31 Å². The first kappa shape index (κ1) is 15.6. The number of esters is 1. The lowest BCUT2D eigenvalue weighted by Gasteiger charge is -2.23. The molecule has 5 nitrogen and oxygen atoms in total. The minimum Gasteiger partial charge on any atom is -0.467 e. The molecular formula is C17H17NO4S. The van der Waals surface area contributed by atoms with E-state index in [1.54, 1.807) is 12.1 Å². The molecule has 1 fully saturated rings. The highest BCUT2D eigenvalue weighted by atomic mass is 32.2. The highest BCUT2D eigenvalue weighted by molar-refractivity contribution is 7.93. The lowest BCUT2D eigenvalue weighted by molar-refractivity contribution is -0.141. The molecule has 0 spiro atoms. The van der Waals surface area contributed by atoms with Crippen molar-refractivity contribution in [2.24, 2.45) is 0 Å². The molecule has 0 radical (unpaired) electrons. The summed E-state index contributed by atoms with van der Waals surface area (Å²) in [4.78, 5) is 11.8. The smallest absolute Gasteiger partial charge is 0.329 e. The molecule has 1 unspecified atom stereocenters. The molecule has 0 aromatic heterocycles. The molecule has 2 aromatic carbocycles. The van der Waals surface area contributed by atoms with Gasteiger partial charge >= 0.3 is 5.97 Å². The van der Waals surface area contributed by atoms with E-state index in [0.29, 0.717) is 5.69 Å². The Hall–Kier alpha value is -2.34. The van der Waals surface area contributed by atoms with E-state index in [1.165, 1.54) is 11.4 Å². The van der Waals surface area contributed by atoms with Gasteiger partial charge in [0.2, 0.25) is 10.0 Å². The van der Waals surface area contributed by atoms with Gasteiger partial charge in [-0.1, -0.05) is 42.5 Å². The van der Waals surface area contributed by atoms with Crippen molar-refractivity contribution < 1.29 is 17.9 Å². The van der Waals surface area contributed by atoms with Crippen molar-refractivity contribution in [3.8, 4) is 11.1 Å². The Morgan fingerprint density at radius 3 is 2.26 bits per heavy atom. The van der Waals surface area contributed by atoms with Crippen molar-refractivity contribution in [3.05, 3.63) is 54.6 Å². The highest BCUT2D eigenvalue weighted by Gasteiger charge is 2.42. The topological polar surface area (TPSA) is 63.7 Å². The van der Waals surface area contributed by atoms with Crippen LogP contribution in [0, 0.1) is 0 Å². The SMILES string of the molecule is COC(=O)C1CCS(=O)(=O)N1c1ccc(-c2ccccc2)cc1. The number of carbonyl (C=O) groups is 1. The predicted molar refractivity (Wildman–Crippen MR) is 88.6 cm³/mol. The molecule has 0 bridgehead atoms. The summed E-state index contributed by atoms with van der Waals surface area (Å²) in [5.41, 5.74) is 2.52. The van der Waals surface area contributed by atoms with Crippen molar-refractivity contribution in [2.75, 3.05) is 17.2 Å². The number of hydrogen-bond donors (Lipinski definition) is 0. The normalized spacial score (nSPS) is 19.5. The number of sulfonamides is 1. The quantitative estimate of drug-likeness (QED) is 0.811. The molecular weight excluding hydrogens is 314 g/mol. The predicted octanol–water partition coefficient (Wildman–Crippen LogP) is 2.44. The van der Waals surface area contributed by atoms with Crippen molar-refractivity contribution in [2.45, 2.75) is 12.5 Å². The van der Waals surface area contributed by atoms with Gasteiger partial charge in [-0.25, -0.2) is 13.2 Å². The van der Waals surface area contributed by atoms with Crippen LogP contribution in [0.4, 0.5) is 5.69 Å². The fraction of sp³-hybridized carbons (Fsp3) is 0.235. The first-order valence-electron chi connectivity index (χ1n) is 7.28. The first-order valence-corrected chi connectivity index (χ1v) is 8.89. The summed E-state index contributed by atoms with van der Waals surface area (Å²) in [6, 6.07) is 16.2. The van der Waals surface area contributed by atoms with Gasteiger partial charge in [-0.15, -0.1) is 0 Å². The lowest BCUT2D eigenvalue weighted by atomic mass is 10.1. The molecule has 1 aliphatic heterocycles. The van der Waals surface area contributed by atoms with E-state index in [1.807, 2.05) is 42.5 Å². The van der Waals surface area contributed by atoms with E-state index in [-0.39, 0.29) is 12.2 Å². The van der Waals surface area contributed by atoms with Crippen LogP contribution < -0.4 is 4.31 Å². The molecule has 0 saturated carbocycles. The fourth-order valence-corrected chi connectivity index (χ4v) is 4.53. The Kier molecular flexibility index (Phi) is 4.09. The number of nitrogens with zero attached hydrogens (tertiary/aromatic N) is 1. The van der Waals surface area contributed by atoms with E-state index in [0.717, 1.165) is 11.1 Å². The zero-order valence-corrected chi connectivity index (χ0v) is 13.5. The third-order valence-electron chi connectivity index (χ3n) is 3.93. The third-order valence-corrected chi connectivity index (χ3v) is 5.75. The molecule has 1 atom stereocenters. The minimum atomic E-state index is -3.49. The van der Waals surface area contributed by atoms with Gasteiger partial charge in [0.15, 0.2) is 0 Å². The molecule has 6 heteroatoms. The number of hydrogen-bond acceptors (Lipinski definition) is 4. The highest BCUT2D eigenvalue weighted by Crippen LogP contribution is 2.31. The number of carbonyl (C=O) groups excluding carboxylic acids is 1. The van der Waals surface area contributed by atoms with Gasteiger partial charge in [0.1, 0.15) is 6.04 Å². The van der Waals surface area contributed by atoms with Crippen molar-refractivity contribution in [1.82, 2.24) is 0 Å². The fourth-order valence-electron chi connectivity index (χ4n) is 2.79. The second-order valence-corrected chi connectivity index (χ2v) is 7.32. The van der Waals surface area contributed by atoms with Crippen LogP contribution in [0.5, 0.6) is 0 Å². The van der Waals surface area contributed by atoms with Crippen LogP contribution >= 0.6 is 0 Å². The second kappa shape index (κ2) is 6.04. The maximum Gasteiger partial charge on any atom is 0.329 e. The van der Waals surface area contributed by atoms with E-state index in [9.17, 15) is 13.2 Å². The number of anilines is 1. The molecule has 1 heterocycles. The van der Waals surface area contributed by atoms with Gasteiger partial charge < -0.3 is 4.74 Å². The van der Waals surface area contributed by atoms with E-state index >= 15 is 0 Å². The van der Waals surface area contributed by atoms with Crippen LogP contribution in [-0.4, -0.2) is 33.3 Å². The molecule has 120 valence electrons. The van der Waals surface area contributed by atoms with Crippen molar-refractivity contribution >= 4 is 21.7 Å². The number of methoxy groups -OCH3 is 1. The van der Waals surface area contributed by atoms with Crippen LogP contribution in [0.1, 0.15) is 6.42 Å². The molecule has 3 rings (SSSR count). The molecule has 2 aromatic rings. The first-order chi connectivity index (χ1) is 11.0. The minimum absolute atomic E-state index is 0.0484. The summed E-state index contributed by atoms with van der Waals surface area (Å²) in [5, 5.41) is 0. The average Bonchev–Trinajstić information content (AvgIpc) is 2.90. The number of rotatable bonds is 3. The van der Waals surface area contributed by atoms with Crippen LogP contribution in [0.25, 0.3) is 11.1 Å². The van der Waals surface area contributed by atoms with Gasteiger partial charge in [0.05, 0.1) is 18.6 Å². The van der Waals surface area contributed by atoms with E-state index in [2.05, 4.69) is 0 Å². The Morgan fingerprint density at radius 2 is 1.65 bits per heavy atom. The van der Waals surface area contributed by atoms with Crippen LogP contribution in [0.15, 0.2) is 54.6 Å². The number of ether oxygens (including phenoxy) is 1. The Bertz CT molecular complexity index is 800. The molecule has 0 amide bonds. The standard InChI is InChI=1S/C17H17NO4S/c1-22-17(19)16-11-12-23(20,21)18(16)15-9-7-14(8-10-15)13-5-3-2-4-6-13/h2-10,16H,11-12H2,1H3. The summed E-state index contributed by atoms with van der Waals surface area (Å²) in [7, 11) is -2.22. The maximum atomic E-state index is 12.3. The summed E-state index contributed by atoms with van der Waals surface area (Å²) in [6.45, 7) is 0. The van der Waals surface area contributed by atoms with Gasteiger partial charge in [0.25, 0.3) is 0 Å². The summed E-state index contributed by atoms with van der Waals surface area (Å²) in [5.74, 6) is -0.578. The number of benzene rings is 2. The van der Waals surface area contributed by atoms with Gasteiger partial charge in [-0.05, 0) is 29.7 Å². The summed E-state index contributed by atoms with van der Waals surface area (Å²) < 4.78 is 30.4. The van der Waals surface area contributed by atoms with Crippen LogP contribution in [0.3, 0.4) is 0 Å². The van der Waals surface area contributed by atoms with Crippen molar-refractivity contribution in [3.63, 3.8) is 0 Å². The molecule has 0 N–H and O–H groups in total. The second-order valence-electron chi connectivity index (χ2n) is 5.35. The zero-order chi connectivity index (χ0) is 16.4. The Balaban J connectivity index is 1.95. The Morgan fingerprint density at radius 1 is 1.04 bits per heavy atom. The monoisotopic (exact) mass is 331 g/mol. The molecule has 0 aliphatic carbocycles. The van der Waals surface area contributed by atoms with Crippen LogP contribution in [-0.2, 0) is 19.6 Å². The molecule has 1 aliphatic rings. The zero-order valence-electron chi connectivity index (χ0n) is 12.7. The summed E-state index contributed by atoms with van der Waals surface area (Å²) in [6.07, 6.45) is 0.245. The van der Waals surface area contributed by atoms with Crippen molar-refractivity contribution in [1.29, 1.82) is 0 Å². The van der Waals surface area contributed by atoms with Gasteiger partial charge in [-0.2, -0.15) is 0 Å². The largest absolute Gasteiger partial charge is 0.467 e. The van der Waals surface area contributed by atoms with E-state index in [4.69, 9.17) is 4.74 Å². The molecule has 1 saturated heterocycles. The summed E-state index contributed by atoms with van der Waals surface area (Å²) >= 11 is 0. The third kappa shape index (κ3) is 2.94. The van der Waals surface area contributed by atoms with Crippen LogP contribution in [0.2, 0.25) is 0 Å². The van der Waals surface area contributed by atoms with E-state index < -0.39 is 22.0 Å². The lowest BCUT2D eigenvalue weighted by Crippen LogP contribution is -2.39. The maximum absolute atomic E-state index is 12.3. The van der Waals surface area contributed by atoms with Gasteiger partial charge in [0, 0.05) is 0 Å². The Labute approximate surface area is 135 Å².